The third kappa shape index (κ3) is 3.75. The quantitative estimate of drug-likeness (QED) is 0.915. The molecular formula is C20H31N3O. The van der Waals surface area contributed by atoms with E-state index in [2.05, 4.69) is 49.2 Å². The van der Waals surface area contributed by atoms with Gasteiger partial charge in [-0.05, 0) is 62.9 Å². The monoisotopic (exact) mass is 329 g/mol. The zero-order valence-electron chi connectivity index (χ0n) is 15.3. The van der Waals surface area contributed by atoms with E-state index in [0.717, 1.165) is 19.5 Å². The lowest BCUT2D eigenvalue weighted by molar-refractivity contribution is 0.0441. The van der Waals surface area contributed by atoms with E-state index >= 15 is 0 Å². The molecule has 0 radical (unpaired) electrons. The van der Waals surface area contributed by atoms with E-state index in [1.807, 2.05) is 4.90 Å². The third-order valence-electron chi connectivity index (χ3n) is 5.70. The van der Waals surface area contributed by atoms with Crippen molar-refractivity contribution in [1.29, 1.82) is 0 Å². The zero-order valence-corrected chi connectivity index (χ0v) is 15.3. The number of hydrogen-bond donors (Lipinski definition) is 1. The molecule has 1 unspecified atom stereocenters. The summed E-state index contributed by atoms with van der Waals surface area (Å²) in [6.07, 6.45) is 4.90. The van der Waals surface area contributed by atoms with Gasteiger partial charge in [0.1, 0.15) is 0 Å². The Hall–Kier alpha value is -1.55. The minimum atomic E-state index is 0.0911. The Morgan fingerprint density at radius 1 is 1.17 bits per heavy atom. The molecule has 1 aromatic rings. The molecule has 3 rings (SSSR count). The molecule has 0 spiro atoms. The van der Waals surface area contributed by atoms with Crippen molar-refractivity contribution in [2.45, 2.75) is 58.5 Å². The number of piperidine rings is 1. The molecule has 0 bridgehead atoms. The first-order chi connectivity index (χ1) is 11.6. The topological polar surface area (TPSA) is 35.6 Å². The fourth-order valence-corrected chi connectivity index (χ4v) is 3.78. The Bertz CT molecular complexity index is 574. The van der Waals surface area contributed by atoms with Crippen LogP contribution in [0.25, 0.3) is 0 Å². The highest BCUT2D eigenvalue weighted by Crippen LogP contribution is 2.23. The molecule has 1 atom stereocenters. The Labute approximate surface area is 146 Å². The average molecular weight is 329 g/mol. The normalized spacial score (nSPS) is 20.5. The number of likely N-dealkylation sites (tertiary alicyclic amines) is 2. The van der Waals surface area contributed by atoms with Crippen LogP contribution in [0.5, 0.6) is 0 Å². The van der Waals surface area contributed by atoms with E-state index in [1.165, 1.54) is 49.0 Å². The van der Waals surface area contributed by atoms with Gasteiger partial charge in [0.25, 0.3) is 0 Å². The molecule has 2 saturated heterocycles. The lowest BCUT2D eigenvalue weighted by atomic mass is 9.99. The van der Waals surface area contributed by atoms with Gasteiger partial charge in [0.2, 0.25) is 0 Å². The smallest absolute Gasteiger partial charge is 0.317 e. The molecule has 1 N–H and O–H groups in total. The summed E-state index contributed by atoms with van der Waals surface area (Å²) in [4.78, 5) is 17.1. The van der Waals surface area contributed by atoms with Gasteiger partial charge in [-0.3, -0.25) is 4.90 Å². The minimum Gasteiger partial charge on any atom is -0.331 e. The Balaban J connectivity index is 1.53. The summed E-state index contributed by atoms with van der Waals surface area (Å²) in [6, 6.07) is 7.27. The predicted octanol–water partition coefficient (Wildman–Crippen LogP) is 3.63. The first kappa shape index (κ1) is 17.3. The van der Waals surface area contributed by atoms with Crippen LogP contribution in [0.15, 0.2) is 18.2 Å². The van der Waals surface area contributed by atoms with Crippen molar-refractivity contribution in [2.24, 2.45) is 0 Å². The zero-order chi connectivity index (χ0) is 17.1. The maximum absolute atomic E-state index is 12.5. The average Bonchev–Trinajstić information content (AvgIpc) is 2.55. The Kier molecular flexibility index (Phi) is 5.44. The number of carbonyl (C=O) groups excluding carboxylic acids is 1. The van der Waals surface area contributed by atoms with Crippen molar-refractivity contribution < 1.29 is 4.79 Å². The molecule has 2 fully saturated rings. The SMILES string of the molecule is CCC(NC(=O)N1CC(N2CCCCC2)C1)c1ccc(C)c(C)c1. The first-order valence-electron chi connectivity index (χ1n) is 9.45. The van der Waals surface area contributed by atoms with Gasteiger partial charge in [-0.2, -0.15) is 0 Å². The fraction of sp³-hybridized carbons (Fsp3) is 0.650. The second-order valence-electron chi connectivity index (χ2n) is 7.41. The molecule has 2 amide bonds. The van der Waals surface area contributed by atoms with Crippen molar-refractivity contribution >= 4 is 6.03 Å². The number of nitrogens with one attached hydrogen (secondary N) is 1. The molecule has 4 heteroatoms. The molecule has 24 heavy (non-hydrogen) atoms. The van der Waals surface area contributed by atoms with Crippen molar-refractivity contribution in [2.75, 3.05) is 26.2 Å². The van der Waals surface area contributed by atoms with Crippen molar-refractivity contribution in [3.8, 4) is 0 Å². The van der Waals surface area contributed by atoms with Crippen molar-refractivity contribution in [3.63, 3.8) is 0 Å². The van der Waals surface area contributed by atoms with Crippen LogP contribution in [-0.4, -0.2) is 48.1 Å². The number of hydrogen-bond acceptors (Lipinski definition) is 2. The van der Waals surface area contributed by atoms with Gasteiger partial charge in [-0.15, -0.1) is 0 Å². The molecule has 2 heterocycles. The van der Waals surface area contributed by atoms with Gasteiger partial charge < -0.3 is 10.2 Å². The highest BCUT2D eigenvalue weighted by atomic mass is 16.2. The lowest BCUT2D eigenvalue weighted by Gasteiger charge is -2.46. The van der Waals surface area contributed by atoms with Crippen LogP contribution in [0.3, 0.4) is 0 Å². The number of benzene rings is 1. The van der Waals surface area contributed by atoms with E-state index in [0.29, 0.717) is 6.04 Å². The van der Waals surface area contributed by atoms with Crippen LogP contribution in [0.2, 0.25) is 0 Å². The van der Waals surface area contributed by atoms with Gasteiger partial charge in [0.05, 0.1) is 6.04 Å². The molecule has 4 nitrogen and oxygen atoms in total. The summed E-state index contributed by atoms with van der Waals surface area (Å²) in [6.45, 7) is 10.6. The number of aryl methyl sites for hydroxylation is 2. The van der Waals surface area contributed by atoms with E-state index in [1.54, 1.807) is 0 Å². The maximum Gasteiger partial charge on any atom is 0.317 e. The van der Waals surface area contributed by atoms with Crippen molar-refractivity contribution in [3.05, 3.63) is 34.9 Å². The largest absolute Gasteiger partial charge is 0.331 e. The summed E-state index contributed by atoms with van der Waals surface area (Å²) in [5, 5.41) is 3.22. The molecule has 2 aliphatic heterocycles. The second kappa shape index (κ2) is 7.56. The molecule has 0 saturated carbocycles. The summed E-state index contributed by atoms with van der Waals surface area (Å²) < 4.78 is 0. The van der Waals surface area contributed by atoms with Crippen LogP contribution in [0.1, 0.15) is 55.3 Å². The third-order valence-corrected chi connectivity index (χ3v) is 5.70. The van der Waals surface area contributed by atoms with Crippen molar-refractivity contribution in [1.82, 2.24) is 15.1 Å². The van der Waals surface area contributed by atoms with E-state index in [4.69, 9.17) is 0 Å². The molecule has 0 aliphatic carbocycles. The molecule has 132 valence electrons. The Morgan fingerprint density at radius 3 is 2.50 bits per heavy atom. The molecular weight excluding hydrogens is 298 g/mol. The lowest BCUT2D eigenvalue weighted by Crippen LogP contribution is -2.63. The van der Waals surface area contributed by atoms with E-state index < -0.39 is 0 Å². The molecule has 2 aliphatic rings. The van der Waals surface area contributed by atoms with E-state index in [-0.39, 0.29) is 12.1 Å². The number of urea groups is 1. The number of rotatable bonds is 4. The van der Waals surface area contributed by atoms with Gasteiger partial charge in [-0.25, -0.2) is 4.79 Å². The van der Waals surface area contributed by atoms with Gasteiger partial charge in [0.15, 0.2) is 0 Å². The van der Waals surface area contributed by atoms with Crippen LogP contribution in [-0.2, 0) is 0 Å². The highest BCUT2D eigenvalue weighted by molar-refractivity contribution is 5.75. The molecule has 1 aromatic carbocycles. The molecule has 0 aromatic heterocycles. The summed E-state index contributed by atoms with van der Waals surface area (Å²) in [7, 11) is 0. The van der Waals surface area contributed by atoms with Crippen LogP contribution < -0.4 is 5.32 Å². The number of nitrogens with zero attached hydrogens (tertiary/aromatic N) is 2. The summed E-state index contributed by atoms with van der Waals surface area (Å²) >= 11 is 0. The second-order valence-corrected chi connectivity index (χ2v) is 7.41. The Morgan fingerprint density at radius 2 is 1.88 bits per heavy atom. The number of amides is 2. The number of carbonyl (C=O) groups is 1. The van der Waals surface area contributed by atoms with E-state index in [9.17, 15) is 4.79 Å². The van der Waals surface area contributed by atoms with Gasteiger partial charge in [0, 0.05) is 19.1 Å². The van der Waals surface area contributed by atoms with Crippen LogP contribution >= 0.6 is 0 Å². The summed E-state index contributed by atoms with van der Waals surface area (Å²) in [5.41, 5.74) is 3.79. The summed E-state index contributed by atoms with van der Waals surface area (Å²) in [5.74, 6) is 0. The fourth-order valence-electron chi connectivity index (χ4n) is 3.78. The standard InChI is InChI=1S/C20H31N3O/c1-4-19(17-9-8-15(2)16(3)12-17)21-20(24)23-13-18(14-23)22-10-6-5-7-11-22/h8-9,12,18-19H,4-7,10-11,13-14H2,1-3H3,(H,21,24). The van der Waals surface area contributed by atoms with Gasteiger partial charge >= 0.3 is 6.03 Å². The minimum absolute atomic E-state index is 0.0911. The predicted molar refractivity (Wildman–Crippen MR) is 98.3 cm³/mol. The van der Waals surface area contributed by atoms with Crippen LogP contribution in [0, 0.1) is 13.8 Å². The highest BCUT2D eigenvalue weighted by Gasteiger charge is 2.35. The van der Waals surface area contributed by atoms with Crippen LogP contribution in [0.4, 0.5) is 4.79 Å². The van der Waals surface area contributed by atoms with Gasteiger partial charge in [-0.1, -0.05) is 31.5 Å². The maximum atomic E-state index is 12.5. The first-order valence-corrected chi connectivity index (χ1v) is 9.45.